The van der Waals surface area contributed by atoms with Crippen LogP contribution in [0, 0.1) is 0 Å². The number of hydrogen-bond acceptors (Lipinski definition) is 4. The number of carbonyl (C=O) groups is 1. The lowest BCUT2D eigenvalue weighted by molar-refractivity contribution is 0.104. The number of aromatic nitrogens is 2. The van der Waals surface area contributed by atoms with Gasteiger partial charge in [-0.25, -0.2) is 23.5 Å². The van der Waals surface area contributed by atoms with Crippen molar-refractivity contribution in [2.45, 2.75) is 25.4 Å². The van der Waals surface area contributed by atoms with Crippen LogP contribution in [0.2, 0.25) is 0 Å². The number of anilines is 1. The van der Waals surface area contributed by atoms with Gasteiger partial charge >= 0.3 is 6.09 Å². The van der Waals surface area contributed by atoms with E-state index in [1.54, 1.807) is 6.20 Å². The molecule has 0 aliphatic carbocycles. The molecule has 2 aliphatic heterocycles. The molecule has 1 atom stereocenters. The number of aryl methyl sites for hydroxylation is 1. The van der Waals surface area contributed by atoms with Gasteiger partial charge in [0, 0.05) is 17.2 Å². The smallest absolute Gasteiger partial charge is 0.416 e. The highest BCUT2D eigenvalue weighted by molar-refractivity contribution is 9.10. The summed E-state index contributed by atoms with van der Waals surface area (Å²) in [5.41, 5.74) is 0.746. The van der Waals surface area contributed by atoms with E-state index in [2.05, 4.69) is 20.9 Å². The molecular formula is C16H14BrF2N3O3. The molecule has 0 N–H and O–H groups in total. The number of cyclic esters (lactones) is 1. The van der Waals surface area contributed by atoms with Gasteiger partial charge in [-0.05, 0) is 24.6 Å². The first kappa shape index (κ1) is 16.3. The third kappa shape index (κ3) is 2.86. The first-order chi connectivity index (χ1) is 12.0. The van der Waals surface area contributed by atoms with E-state index in [0.717, 1.165) is 21.4 Å². The molecule has 6 nitrogen and oxygen atoms in total. The van der Waals surface area contributed by atoms with Crippen molar-refractivity contribution < 1.29 is 23.0 Å². The zero-order chi connectivity index (χ0) is 17.6. The van der Waals surface area contributed by atoms with E-state index in [9.17, 15) is 13.6 Å². The Bertz CT molecular complexity index is 827. The van der Waals surface area contributed by atoms with E-state index in [1.807, 2.05) is 22.8 Å². The second-order valence-electron chi connectivity index (χ2n) is 5.81. The number of rotatable bonds is 2. The van der Waals surface area contributed by atoms with Crippen molar-refractivity contribution in [3.05, 3.63) is 28.9 Å². The summed E-state index contributed by atoms with van der Waals surface area (Å²) < 4.78 is 39.7. The quantitative estimate of drug-likeness (QED) is 0.753. The van der Waals surface area contributed by atoms with Crippen molar-refractivity contribution >= 4 is 27.8 Å². The van der Waals surface area contributed by atoms with E-state index in [4.69, 9.17) is 9.47 Å². The summed E-state index contributed by atoms with van der Waals surface area (Å²) in [6, 6.07) is 4.22. The van der Waals surface area contributed by atoms with Gasteiger partial charge in [-0.15, -0.1) is 0 Å². The largest absolute Gasteiger partial charge is 0.493 e. The summed E-state index contributed by atoms with van der Waals surface area (Å²) in [7, 11) is 0. The molecule has 132 valence electrons. The Morgan fingerprint density at radius 2 is 2.16 bits per heavy atom. The van der Waals surface area contributed by atoms with Crippen LogP contribution in [0.25, 0.3) is 11.4 Å². The average molecular weight is 414 g/mol. The van der Waals surface area contributed by atoms with Gasteiger partial charge in [-0.2, -0.15) is 0 Å². The summed E-state index contributed by atoms with van der Waals surface area (Å²) in [5, 5.41) is 0. The van der Waals surface area contributed by atoms with Gasteiger partial charge in [0.05, 0.1) is 12.2 Å². The van der Waals surface area contributed by atoms with Crippen LogP contribution >= 0.6 is 15.9 Å². The maximum Gasteiger partial charge on any atom is 0.416 e. The highest BCUT2D eigenvalue weighted by atomic mass is 79.9. The molecule has 0 radical (unpaired) electrons. The Hall–Kier alpha value is -2.16. The van der Waals surface area contributed by atoms with Crippen molar-refractivity contribution in [3.63, 3.8) is 0 Å². The summed E-state index contributed by atoms with van der Waals surface area (Å²) in [6.45, 7) is 0.799. The second-order valence-corrected chi connectivity index (χ2v) is 6.72. The minimum absolute atomic E-state index is 0.165. The Morgan fingerprint density at radius 3 is 2.96 bits per heavy atom. The van der Waals surface area contributed by atoms with Crippen LogP contribution in [0.5, 0.6) is 5.75 Å². The zero-order valence-corrected chi connectivity index (χ0v) is 14.6. The molecule has 2 aromatic rings. The fraction of sp³-hybridized carbons (Fsp3) is 0.375. The van der Waals surface area contributed by atoms with E-state index in [0.29, 0.717) is 24.7 Å². The number of amides is 1. The third-order valence-electron chi connectivity index (χ3n) is 4.19. The molecule has 0 unspecified atom stereocenters. The molecule has 4 rings (SSSR count). The van der Waals surface area contributed by atoms with Gasteiger partial charge in [0.2, 0.25) is 0 Å². The second kappa shape index (κ2) is 6.29. The number of nitrogens with zero attached hydrogens (tertiary/aromatic N) is 3. The van der Waals surface area contributed by atoms with Crippen LogP contribution in [0.15, 0.2) is 28.9 Å². The summed E-state index contributed by atoms with van der Waals surface area (Å²) >= 11 is 3.41. The first-order valence-corrected chi connectivity index (χ1v) is 8.58. The van der Waals surface area contributed by atoms with Gasteiger partial charge in [0.25, 0.3) is 6.43 Å². The van der Waals surface area contributed by atoms with Crippen LogP contribution in [-0.2, 0) is 11.3 Å². The van der Waals surface area contributed by atoms with E-state index in [1.165, 1.54) is 0 Å². The summed E-state index contributed by atoms with van der Waals surface area (Å²) in [5.74, 6) is 1.39. The number of halogens is 3. The van der Waals surface area contributed by atoms with Crippen LogP contribution in [-0.4, -0.2) is 41.3 Å². The SMILES string of the molecule is O=C1OC[C@@H](C(F)F)N1c1cn2c(n1)-c1ccc(Br)cc1OCCC2. The maximum absolute atomic E-state index is 13.2. The lowest BCUT2D eigenvalue weighted by atomic mass is 10.1. The van der Waals surface area contributed by atoms with Gasteiger partial charge in [-0.1, -0.05) is 15.9 Å². The number of ether oxygens (including phenoxy) is 2. The molecule has 2 aliphatic rings. The molecule has 3 heterocycles. The van der Waals surface area contributed by atoms with Crippen LogP contribution < -0.4 is 9.64 Å². The lowest BCUT2D eigenvalue weighted by Gasteiger charge is -2.17. The van der Waals surface area contributed by atoms with E-state index >= 15 is 0 Å². The molecular weight excluding hydrogens is 400 g/mol. The maximum atomic E-state index is 13.2. The van der Waals surface area contributed by atoms with Crippen LogP contribution in [0.3, 0.4) is 0 Å². The molecule has 1 aromatic heterocycles. The molecule has 0 saturated carbocycles. The highest BCUT2D eigenvalue weighted by Crippen LogP contribution is 2.36. The molecule has 25 heavy (non-hydrogen) atoms. The van der Waals surface area contributed by atoms with Gasteiger partial charge in [-0.3, -0.25) is 0 Å². The third-order valence-corrected chi connectivity index (χ3v) is 4.69. The Balaban J connectivity index is 1.80. The molecule has 1 amide bonds. The molecule has 0 spiro atoms. The Morgan fingerprint density at radius 1 is 1.32 bits per heavy atom. The zero-order valence-electron chi connectivity index (χ0n) is 13.0. The van der Waals surface area contributed by atoms with E-state index < -0.39 is 18.6 Å². The Labute approximate surface area is 150 Å². The molecule has 1 aromatic carbocycles. The van der Waals surface area contributed by atoms with Crippen molar-refractivity contribution in [1.29, 1.82) is 0 Å². The number of carbonyl (C=O) groups excluding carboxylic acids is 1. The number of benzene rings is 1. The number of fused-ring (bicyclic) bond motifs is 3. The van der Waals surface area contributed by atoms with Crippen LogP contribution in [0.4, 0.5) is 19.4 Å². The van der Waals surface area contributed by atoms with Crippen molar-refractivity contribution in [3.8, 4) is 17.1 Å². The standard InChI is InChI=1S/C16H14BrF2N3O3/c17-9-2-3-10-12(6-9)24-5-1-4-21-7-13(20-15(10)21)22-11(14(18)19)8-25-16(22)23/h2-3,6-7,11,14H,1,4-5,8H2/t11-/m0/s1. The molecule has 1 saturated heterocycles. The average Bonchev–Trinajstić information content (AvgIpc) is 3.13. The summed E-state index contributed by atoms with van der Waals surface area (Å²) in [6.07, 6.45) is -1.16. The molecule has 0 bridgehead atoms. The van der Waals surface area contributed by atoms with Crippen molar-refractivity contribution in [1.82, 2.24) is 9.55 Å². The molecule has 1 fully saturated rings. The number of imidazole rings is 1. The number of hydrogen-bond donors (Lipinski definition) is 0. The predicted octanol–water partition coefficient (Wildman–Crippen LogP) is 3.69. The van der Waals surface area contributed by atoms with Gasteiger partial charge < -0.3 is 14.0 Å². The normalized spacial score (nSPS) is 19.8. The van der Waals surface area contributed by atoms with Gasteiger partial charge in [0.15, 0.2) is 5.82 Å². The highest BCUT2D eigenvalue weighted by Gasteiger charge is 2.41. The van der Waals surface area contributed by atoms with Crippen molar-refractivity contribution in [2.75, 3.05) is 18.1 Å². The van der Waals surface area contributed by atoms with Gasteiger partial charge in [0.1, 0.15) is 24.2 Å². The first-order valence-electron chi connectivity index (χ1n) is 7.78. The summed E-state index contributed by atoms with van der Waals surface area (Å²) in [4.78, 5) is 17.3. The molecule has 9 heteroatoms. The number of alkyl halides is 2. The fourth-order valence-corrected chi connectivity index (χ4v) is 3.35. The van der Waals surface area contributed by atoms with Crippen LogP contribution in [0.1, 0.15) is 6.42 Å². The minimum Gasteiger partial charge on any atom is -0.493 e. The van der Waals surface area contributed by atoms with E-state index in [-0.39, 0.29) is 12.4 Å². The predicted molar refractivity (Wildman–Crippen MR) is 89.1 cm³/mol. The topological polar surface area (TPSA) is 56.6 Å². The lowest BCUT2D eigenvalue weighted by Crippen LogP contribution is -2.38. The monoisotopic (exact) mass is 413 g/mol. The minimum atomic E-state index is -2.71. The van der Waals surface area contributed by atoms with Crippen molar-refractivity contribution in [2.24, 2.45) is 0 Å². The Kier molecular flexibility index (Phi) is 4.10. The fourth-order valence-electron chi connectivity index (χ4n) is 3.01.